The minimum Gasteiger partial charge on any atom is -0.480 e. The lowest BCUT2D eigenvalue weighted by atomic mass is 10.1. The molecule has 1 heterocycles. The molecule has 0 spiro atoms. The summed E-state index contributed by atoms with van der Waals surface area (Å²) < 4.78 is 24.2. The maximum atomic E-state index is 12.1. The zero-order valence-electron chi connectivity index (χ0n) is 6.54. The minimum atomic E-state index is -2.32. The van der Waals surface area contributed by atoms with E-state index in [4.69, 9.17) is 5.11 Å². The van der Waals surface area contributed by atoms with E-state index in [1.807, 2.05) is 0 Å². The fourth-order valence-electron chi connectivity index (χ4n) is 1.40. The normalized spacial score (nSPS) is 25.1. The molecule has 1 aliphatic rings. The van der Waals surface area contributed by atoms with E-state index in [1.165, 1.54) is 0 Å². The first-order chi connectivity index (χ1) is 5.59. The van der Waals surface area contributed by atoms with Gasteiger partial charge in [0.05, 0.1) is 6.54 Å². The number of carbonyl (C=O) groups is 1. The second-order valence-corrected chi connectivity index (χ2v) is 3.01. The molecule has 12 heavy (non-hydrogen) atoms. The smallest absolute Gasteiger partial charge is 0.317 e. The Morgan fingerprint density at radius 1 is 1.67 bits per heavy atom. The topological polar surface area (TPSA) is 40.5 Å². The van der Waals surface area contributed by atoms with Crippen molar-refractivity contribution in [2.24, 2.45) is 5.92 Å². The van der Waals surface area contributed by atoms with Crippen LogP contribution in [0, 0.1) is 5.92 Å². The number of likely N-dealkylation sites (tertiary alicyclic amines) is 1. The van der Waals surface area contributed by atoms with E-state index in [2.05, 4.69) is 0 Å². The zero-order chi connectivity index (χ0) is 9.14. The number of carboxylic acids is 1. The van der Waals surface area contributed by atoms with Crippen molar-refractivity contribution in [3.8, 4) is 0 Å². The molecule has 1 N–H and O–H groups in total. The standard InChI is InChI=1S/C7H11F2NO2/c8-7(9)5-1-2-10(3-5)4-6(11)12/h5,7H,1-4H2,(H,11,12). The molecule has 0 radical (unpaired) electrons. The number of carboxylic acid groups (broad SMARTS) is 1. The fourth-order valence-corrected chi connectivity index (χ4v) is 1.40. The summed E-state index contributed by atoms with van der Waals surface area (Å²) in [5.74, 6) is -1.59. The molecule has 0 aromatic rings. The van der Waals surface area contributed by atoms with Gasteiger partial charge in [-0.15, -0.1) is 0 Å². The van der Waals surface area contributed by atoms with Crippen molar-refractivity contribution in [1.82, 2.24) is 4.90 Å². The Morgan fingerprint density at radius 2 is 2.33 bits per heavy atom. The summed E-state index contributed by atoms with van der Waals surface area (Å²) in [5.41, 5.74) is 0. The zero-order valence-corrected chi connectivity index (χ0v) is 6.54. The van der Waals surface area contributed by atoms with Gasteiger partial charge in [0.25, 0.3) is 0 Å². The fraction of sp³-hybridized carbons (Fsp3) is 0.857. The van der Waals surface area contributed by atoms with Crippen LogP contribution < -0.4 is 0 Å². The van der Waals surface area contributed by atoms with Crippen molar-refractivity contribution >= 4 is 5.97 Å². The first kappa shape index (κ1) is 9.38. The van der Waals surface area contributed by atoms with E-state index in [9.17, 15) is 13.6 Å². The second kappa shape index (κ2) is 3.80. The largest absolute Gasteiger partial charge is 0.480 e. The van der Waals surface area contributed by atoms with Gasteiger partial charge in [-0.25, -0.2) is 8.78 Å². The van der Waals surface area contributed by atoms with Crippen molar-refractivity contribution in [2.75, 3.05) is 19.6 Å². The Labute approximate surface area is 69.0 Å². The molecule has 0 aromatic carbocycles. The molecule has 0 amide bonds. The van der Waals surface area contributed by atoms with Gasteiger partial charge < -0.3 is 5.11 Å². The van der Waals surface area contributed by atoms with Gasteiger partial charge in [0.2, 0.25) is 6.43 Å². The van der Waals surface area contributed by atoms with Crippen LogP contribution in [0.3, 0.4) is 0 Å². The van der Waals surface area contributed by atoms with Crippen LogP contribution in [0.1, 0.15) is 6.42 Å². The van der Waals surface area contributed by atoms with Crippen LogP contribution in [-0.4, -0.2) is 42.0 Å². The SMILES string of the molecule is O=C(O)CN1CCC(C(F)F)C1. The highest BCUT2D eigenvalue weighted by Gasteiger charge is 2.29. The molecule has 5 heteroatoms. The van der Waals surface area contributed by atoms with Gasteiger partial charge in [-0.3, -0.25) is 9.69 Å². The Hall–Kier alpha value is -0.710. The average molecular weight is 179 g/mol. The van der Waals surface area contributed by atoms with E-state index < -0.39 is 18.3 Å². The van der Waals surface area contributed by atoms with Crippen molar-refractivity contribution < 1.29 is 18.7 Å². The molecular weight excluding hydrogens is 168 g/mol. The van der Waals surface area contributed by atoms with E-state index in [0.29, 0.717) is 13.0 Å². The molecule has 1 rings (SSSR count). The van der Waals surface area contributed by atoms with Gasteiger partial charge in [-0.05, 0) is 13.0 Å². The molecule has 3 nitrogen and oxygen atoms in total. The predicted octanol–water partition coefficient (Wildman–Crippen LogP) is 0.658. The van der Waals surface area contributed by atoms with Crippen LogP contribution in [0.25, 0.3) is 0 Å². The predicted molar refractivity (Wildman–Crippen MR) is 38.2 cm³/mol. The van der Waals surface area contributed by atoms with Crippen LogP contribution in [0.15, 0.2) is 0 Å². The third-order valence-electron chi connectivity index (χ3n) is 2.02. The number of halogens is 2. The van der Waals surface area contributed by atoms with E-state index in [-0.39, 0.29) is 13.1 Å². The quantitative estimate of drug-likeness (QED) is 0.691. The molecule has 1 unspecified atom stereocenters. The van der Waals surface area contributed by atoms with Crippen molar-refractivity contribution in [3.63, 3.8) is 0 Å². The number of alkyl halides is 2. The number of hydrogen-bond acceptors (Lipinski definition) is 2. The molecule has 0 saturated carbocycles. The lowest BCUT2D eigenvalue weighted by molar-refractivity contribution is -0.138. The van der Waals surface area contributed by atoms with Crippen molar-refractivity contribution in [2.45, 2.75) is 12.8 Å². The summed E-state index contributed by atoms with van der Waals surface area (Å²) in [4.78, 5) is 11.7. The molecule has 1 fully saturated rings. The molecule has 70 valence electrons. The number of rotatable bonds is 3. The van der Waals surface area contributed by atoms with Gasteiger partial charge in [-0.1, -0.05) is 0 Å². The summed E-state index contributed by atoms with van der Waals surface area (Å²) in [7, 11) is 0. The Balaban J connectivity index is 2.30. The van der Waals surface area contributed by atoms with Gasteiger partial charge >= 0.3 is 5.97 Å². The summed E-state index contributed by atoms with van der Waals surface area (Å²) >= 11 is 0. The van der Waals surface area contributed by atoms with Gasteiger partial charge in [0, 0.05) is 12.5 Å². The third kappa shape index (κ3) is 2.41. The first-order valence-corrected chi connectivity index (χ1v) is 3.82. The molecule has 1 aliphatic heterocycles. The Bertz CT molecular complexity index is 175. The van der Waals surface area contributed by atoms with Crippen LogP contribution in [0.4, 0.5) is 8.78 Å². The second-order valence-electron chi connectivity index (χ2n) is 3.01. The maximum absolute atomic E-state index is 12.1. The minimum absolute atomic E-state index is 0.122. The van der Waals surface area contributed by atoms with Crippen molar-refractivity contribution in [1.29, 1.82) is 0 Å². The van der Waals surface area contributed by atoms with Crippen molar-refractivity contribution in [3.05, 3.63) is 0 Å². The number of hydrogen-bond donors (Lipinski definition) is 1. The third-order valence-corrected chi connectivity index (χ3v) is 2.02. The molecular formula is C7H11F2NO2. The van der Waals surface area contributed by atoms with Crippen LogP contribution in [-0.2, 0) is 4.79 Å². The van der Waals surface area contributed by atoms with Gasteiger partial charge in [0.1, 0.15) is 0 Å². The van der Waals surface area contributed by atoms with Gasteiger partial charge in [0.15, 0.2) is 0 Å². The van der Waals surface area contributed by atoms with E-state index in [0.717, 1.165) is 0 Å². The number of aliphatic carboxylic acids is 1. The Kier molecular flexibility index (Phi) is 2.97. The molecule has 1 saturated heterocycles. The maximum Gasteiger partial charge on any atom is 0.317 e. The lowest BCUT2D eigenvalue weighted by Gasteiger charge is -2.12. The summed E-state index contributed by atoms with van der Waals surface area (Å²) in [6, 6.07) is 0. The monoisotopic (exact) mass is 179 g/mol. The molecule has 0 aliphatic carbocycles. The Morgan fingerprint density at radius 3 is 2.75 bits per heavy atom. The molecule has 0 bridgehead atoms. The summed E-state index contributed by atoms with van der Waals surface area (Å²) in [6.07, 6.45) is -1.91. The van der Waals surface area contributed by atoms with Gasteiger partial charge in [-0.2, -0.15) is 0 Å². The van der Waals surface area contributed by atoms with E-state index >= 15 is 0 Å². The summed E-state index contributed by atoms with van der Waals surface area (Å²) in [6.45, 7) is 0.564. The van der Waals surface area contributed by atoms with E-state index in [1.54, 1.807) is 4.90 Å². The van der Waals surface area contributed by atoms with Crippen LogP contribution in [0.5, 0.6) is 0 Å². The number of nitrogens with zero attached hydrogens (tertiary/aromatic N) is 1. The molecule has 1 atom stereocenters. The lowest BCUT2D eigenvalue weighted by Crippen LogP contribution is -2.28. The molecule has 0 aromatic heterocycles. The highest BCUT2D eigenvalue weighted by molar-refractivity contribution is 5.69. The van der Waals surface area contributed by atoms with Crippen LogP contribution >= 0.6 is 0 Å². The highest BCUT2D eigenvalue weighted by Crippen LogP contribution is 2.21. The summed E-state index contributed by atoms with van der Waals surface area (Å²) in [5, 5.41) is 8.37. The van der Waals surface area contributed by atoms with Crippen LogP contribution in [0.2, 0.25) is 0 Å². The first-order valence-electron chi connectivity index (χ1n) is 3.82. The average Bonchev–Trinajstić information content (AvgIpc) is 2.34. The highest BCUT2D eigenvalue weighted by atomic mass is 19.3.